The molecular weight excluding hydrogens is 393 g/mol. The molecule has 1 aliphatic carbocycles. The summed E-state index contributed by atoms with van der Waals surface area (Å²) in [4.78, 5) is 0. The Balaban J connectivity index is 1.87. The second-order valence-electron chi connectivity index (χ2n) is 6.14. The van der Waals surface area contributed by atoms with Crippen molar-refractivity contribution in [3.8, 4) is 0 Å². The van der Waals surface area contributed by atoms with E-state index in [2.05, 4.69) is 26.6 Å². The van der Waals surface area contributed by atoms with Gasteiger partial charge in [-0.3, -0.25) is 0 Å². The van der Waals surface area contributed by atoms with Gasteiger partial charge in [-0.05, 0) is 67.7 Å². The molecule has 0 spiro atoms. The largest absolute Gasteiger partial charge is 0.417 e. The van der Waals surface area contributed by atoms with Crippen LogP contribution < -0.4 is 10.6 Å². The Morgan fingerprint density at radius 1 is 1.00 bits per heavy atom. The summed E-state index contributed by atoms with van der Waals surface area (Å²) in [6.45, 7) is 2.00. The average molecular weight is 411 g/mol. The van der Waals surface area contributed by atoms with Crippen molar-refractivity contribution in [3.05, 3.63) is 69.5 Å². The van der Waals surface area contributed by atoms with Crippen molar-refractivity contribution in [1.29, 1.82) is 0 Å². The third kappa shape index (κ3) is 4.37. The third-order valence-corrected chi connectivity index (χ3v) is 4.83. The van der Waals surface area contributed by atoms with E-state index in [1.54, 1.807) is 6.07 Å². The summed E-state index contributed by atoms with van der Waals surface area (Å²) in [5, 5.41) is 6.45. The molecule has 1 saturated carbocycles. The topological polar surface area (TPSA) is 24.1 Å². The molecule has 1 aliphatic rings. The molecule has 0 aromatic heterocycles. The molecule has 132 valence electrons. The molecule has 2 aromatic rings. The molecule has 0 amide bonds. The Hall–Kier alpha value is -1.95. The highest BCUT2D eigenvalue weighted by atomic mass is 79.9. The number of rotatable bonds is 4. The maximum atomic E-state index is 13.1. The zero-order chi connectivity index (χ0) is 18.0. The van der Waals surface area contributed by atoms with E-state index in [-0.39, 0.29) is 4.47 Å². The second-order valence-corrected chi connectivity index (χ2v) is 7.00. The molecule has 0 saturated heterocycles. The molecule has 0 bridgehead atoms. The van der Waals surface area contributed by atoms with Crippen LogP contribution in [-0.2, 0) is 6.18 Å². The fourth-order valence-corrected chi connectivity index (χ4v) is 3.11. The van der Waals surface area contributed by atoms with E-state index in [1.807, 2.05) is 31.2 Å². The van der Waals surface area contributed by atoms with E-state index in [0.29, 0.717) is 5.69 Å². The van der Waals surface area contributed by atoms with Crippen LogP contribution in [0.5, 0.6) is 0 Å². The number of hydrogen-bond acceptors (Lipinski definition) is 2. The van der Waals surface area contributed by atoms with Crippen molar-refractivity contribution >= 4 is 27.3 Å². The van der Waals surface area contributed by atoms with Gasteiger partial charge in [0.1, 0.15) is 5.82 Å². The van der Waals surface area contributed by atoms with Gasteiger partial charge < -0.3 is 10.6 Å². The predicted molar refractivity (Wildman–Crippen MR) is 98.4 cm³/mol. The first-order valence-electron chi connectivity index (χ1n) is 8.02. The number of benzene rings is 2. The average Bonchev–Trinajstić information content (AvgIpc) is 2.46. The monoisotopic (exact) mass is 410 g/mol. The van der Waals surface area contributed by atoms with Crippen LogP contribution >= 0.6 is 15.9 Å². The predicted octanol–water partition coefficient (Wildman–Crippen LogP) is 6.70. The van der Waals surface area contributed by atoms with Gasteiger partial charge in [0.15, 0.2) is 0 Å². The molecule has 2 aromatic carbocycles. The van der Waals surface area contributed by atoms with Crippen LogP contribution in [0.25, 0.3) is 0 Å². The van der Waals surface area contributed by atoms with Crippen LogP contribution in [-0.4, -0.2) is 0 Å². The van der Waals surface area contributed by atoms with E-state index >= 15 is 0 Å². The number of hydrogen-bond donors (Lipinski definition) is 2. The lowest BCUT2D eigenvalue weighted by atomic mass is 9.92. The van der Waals surface area contributed by atoms with Gasteiger partial charge in [-0.1, -0.05) is 28.1 Å². The molecule has 0 atom stereocenters. The SMILES string of the molecule is Cc1cccc(NC(Nc2ccc(Br)c(C(F)(F)F)c2)=C2CCC2)c1. The number of nitrogens with one attached hydrogen (secondary N) is 2. The van der Waals surface area contributed by atoms with Crippen LogP contribution in [0.1, 0.15) is 30.4 Å². The van der Waals surface area contributed by atoms with Gasteiger partial charge >= 0.3 is 6.18 Å². The molecule has 0 aliphatic heterocycles. The van der Waals surface area contributed by atoms with E-state index in [4.69, 9.17) is 0 Å². The fraction of sp³-hybridized carbons (Fsp3) is 0.263. The molecule has 25 heavy (non-hydrogen) atoms. The molecule has 0 radical (unpaired) electrons. The highest BCUT2D eigenvalue weighted by Crippen LogP contribution is 2.37. The molecule has 2 N–H and O–H groups in total. The van der Waals surface area contributed by atoms with Gasteiger partial charge in [-0.2, -0.15) is 13.2 Å². The Labute approximate surface area is 153 Å². The van der Waals surface area contributed by atoms with E-state index in [1.165, 1.54) is 11.6 Å². The van der Waals surface area contributed by atoms with Crippen LogP contribution in [0.2, 0.25) is 0 Å². The Kier molecular flexibility index (Phi) is 5.08. The standard InChI is InChI=1S/C19H18BrF3N2/c1-12-4-2-7-14(10-12)24-18(13-5-3-6-13)25-15-8-9-17(20)16(11-15)19(21,22)23/h2,4,7-11,24-25H,3,5-6H2,1H3. The Morgan fingerprint density at radius 3 is 2.24 bits per heavy atom. The fourth-order valence-electron chi connectivity index (χ4n) is 2.64. The second kappa shape index (κ2) is 7.12. The lowest BCUT2D eigenvalue weighted by molar-refractivity contribution is -0.138. The number of allylic oxidation sites excluding steroid dienone is 1. The molecular formula is C19H18BrF3N2. The normalized spacial score (nSPS) is 14.0. The zero-order valence-corrected chi connectivity index (χ0v) is 15.3. The molecule has 0 heterocycles. The van der Waals surface area contributed by atoms with Crippen molar-refractivity contribution in [3.63, 3.8) is 0 Å². The van der Waals surface area contributed by atoms with Crippen molar-refractivity contribution in [2.45, 2.75) is 32.4 Å². The first-order chi connectivity index (χ1) is 11.8. The summed E-state index contributed by atoms with van der Waals surface area (Å²) < 4.78 is 39.4. The van der Waals surface area contributed by atoms with Crippen LogP contribution in [0.15, 0.2) is 58.3 Å². The Morgan fingerprint density at radius 2 is 1.68 bits per heavy atom. The van der Waals surface area contributed by atoms with Crippen molar-refractivity contribution in [2.75, 3.05) is 10.6 Å². The minimum Gasteiger partial charge on any atom is -0.342 e. The number of halogens is 4. The first kappa shape index (κ1) is 17.9. The summed E-state index contributed by atoms with van der Waals surface area (Å²) >= 11 is 2.97. The van der Waals surface area contributed by atoms with Crippen molar-refractivity contribution in [1.82, 2.24) is 0 Å². The van der Waals surface area contributed by atoms with E-state index in [0.717, 1.165) is 42.4 Å². The zero-order valence-electron chi connectivity index (χ0n) is 13.7. The number of anilines is 2. The molecule has 2 nitrogen and oxygen atoms in total. The maximum absolute atomic E-state index is 13.1. The highest BCUT2D eigenvalue weighted by molar-refractivity contribution is 9.10. The molecule has 1 fully saturated rings. The van der Waals surface area contributed by atoms with E-state index in [9.17, 15) is 13.2 Å². The minimum atomic E-state index is -4.40. The quantitative estimate of drug-likeness (QED) is 0.585. The lowest BCUT2D eigenvalue weighted by Gasteiger charge is -2.25. The van der Waals surface area contributed by atoms with Gasteiger partial charge in [-0.25, -0.2) is 0 Å². The first-order valence-corrected chi connectivity index (χ1v) is 8.82. The van der Waals surface area contributed by atoms with Gasteiger partial charge in [0, 0.05) is 15.8 Å². The summed E-state index contributed by atoms with van der Waals surface area (Å²) in [6.07, 6.45) is -1.40. The van der Waals surface area contributed by atoms with Gasteiger partial charge in [0.2, 0.25) is 0 Å². The lowest BCUT2D eigenvalue weighted by Crippen LogP contribution is -2.17. The summed E-state index contributed by atoms with van der Waals surface area (Å²) in [7, 11) is 0. The maximum Gasteiger partial charge on any atom is 0.417 e. The number of aryl methyl sites for hydroxylation is 1. The molecule has 6 heteroatoms. The van der Waals surface area contributed by atoms with Gasteiger partial charge in [0.05, 0.1) is 5.56 Å². The van der Waals surface area contributed by atoms with E-state index < -0.39 is 11.7 Å². The van der Waals surface area contributed by atoms with Crippen molar-refractivity contribution < 1.29 is 13.2 Å². The van der Waals surface area contributed by atoms with Crippen molar-refractivity contribution in [2.24, 2.45) is 0 Å². The minimum absolute atomic E-state index is 0.0371. The summed E-state index contributed by atoms with van der Waals surface area (Å²) in [6, 6.07) is 12.1. The highest BCUT2D eigenvalue weighted by Gasteiger charge is 2.33. The summed E-state index contributed by atoms with van der Waals surface area (Å²) in [5.41, 5.74) is 2.94. The van der Waals surface area contributed by atoms with Crippen LogP contribution in [0.3, 0.4) is 0 Å². The summed E-state index contributed by atoms with van der Waals surface area (Å²) in [5.74, 6) is 0.771. The Bertz CT molecular complexity index is 807. The third-order valence-electron chi connectivity index (χ3n) is 4.14. The molecule has 0 unspecified atom stereocenters. The molecule has 3 rings (SSSR count). The van der Waals surface area contributed by atoms with Crippen LogP contribution in [0, 0.1) is 6.92 Å². The number of alkyl halides is 3. The smallest absolute Gasteiger partial charge is 0.342 e. The van der Waals surface area contributed by atoms with Gasteiger partial charge in [0.25, 0.3) is 0 Å². The van der Waals surface area contributed by atoms with Crippen LogP contribution in [0.4, 0.5) is 24.5 Å². The van der Waals surface area contributed by atoms with Gasteiger partial charge in [-0.15, -0.1) is 0 Å².